The molecular weight excluding hydrogens is 314 g/mol. The number of H-pyrrole nitrogens is 1. The fraction of sp³-hybridized carbons (Fsp3) is 0.300. The Morgan fingerprint density at radius 3 is 2.80 bits per heavy atom. The van der Waals surface area contributed by atoms with E-state index >= 15 is 0 Å². The van der Waals surface area contributed by atoms with Crippen molar-refractivity contribution in [2.45, 2.75) is 37.3 Å². The van der Waals surface area contributed by atoms with Gasteiger partial charge in [-0.1, -0.05) is 30.3 Å². The van der Waals surface area contributed by atoms with Crippen molar-refractivity contribution in [2.24, 2.45) is 0 Å². The highest BCUT2D eigenvalue weighted by Gasteiger charge is 2.41. The SMILES string of the molecule is O=c1[nH]nc2c3c1CCCC3NC(c1ccccc1)C2c1ccoc1. The van der Waals surface area contributed by atoms with Crippen LogP contribution < -0.4 is 10.9 Å². The van der Waals surface area contributed by atoms with Crippen LogP contribution in [0.2, 0.25) is 0 Å². The molecule has 25 heavy (non-hydrogen) atoms. The molecule has 3 aromatic rings. The van der Waals surface area contributed by atoms with E-state index in [0.29, 0.717) is 0 Å². The van der Waals surface area contributed by atoms with Gasteiger partial charge in [-0.15, -0.1) is 0 Å². The Bertz CT molecular complexity index is 947. The molecule has 2 aromatic heterocycles. The van der Waals surface area contributed by atoms with Gasteiger partial charge in [-0.3, -0.25) is 4.79 Å². The molecule has 3 atom stereocenters. The standard InChI is InChI=1S/C20H19N3O2/c24-20-14-7-4-8-15-17(14)19(22-23-20)16(13-9-10-25-11-13)18(21-15)12-5-2-1-3-6-12/h1-3,5-6,9-11,15-16,18,21H,4,7-8H2,(H,23,24). The van der Waals surface area contributed by atoms with E-state index in [2.05, 4.69) is 39.8 Å². The molecule has 5 rings (SSSR count). The van der Waals surface area contributed by atoms with Crippen LogP contribution in [-0.2, 0) is 6.42 Å². The van der Waals surface area contributed by atoms with Crippen molar-refractivity contribution in [3.8, 4) is 0 Å². The van der Waals surface area contributed by atoms with E-state index in [9.17, 15) is 4.79 Å². The van der Waals surface area contributed by atoms with Crippen molar-refractivity contribution in [3.63, 3.8) is 0 Å². The van der Waals surface area contributed by atoms with Crippen LogP contribution in [0.1, 0.15) is 58.8 Å². The summed E-state index contributed by atoms with van der Waals surface area (Å²) in [4.78, 5) is 12.3. The number of hydrogen-bond donors (Lipinski definition) is 2. The first-order valence-corrected chi connectivity index (χ1v) is 8.77. The second-order valence-electron chi connectivity index (χ2n) is 6.86. The fourth-order valence-corrected chi connectivity index (χ4v) is 4.41. The van der Waals surface area contributed by atoms with Gasteiger partial charge < -0.3 is 9.73 Å². The molecule has 5 heteroatoms. The molecule has 0 spiro atoms. The molecule has 0 bridgehead atoms. The number of nitrogens with one attached hydrogen (secondary N) is 2. The average molecular weight is 333 g/mol. The zero-order chi connectivity index (χ0) is 16.8. The molecule has 0 saturated carbocycles. The van der Waals surface area contributed by atoms with Crippen LogP contribution in [0.15, 0.2) is 58.1 Å². The summed E-state index contributed by atoms with van der Waals surface area (Å²) in [7, 11) is 0. The van der Waals surface area contributed by atoms with Crippen molar-refractivity contribution >= 4 is 0 Å². The summed E-state index contributed by atoms with van der Waals surface area (Å²) < 4.78 is 5.36. The number of aromatic nitrogens is 2. The highest BCUT2D eigenvalue weighted by Crippen LogP contribution is 2.46. The zero-order valence-corrected chi connectivity index (χ0v) is 13.7. The quantitative estimate of drug-likeness (QED) is 0.755. The third kappa shape index (κ3) is 2.27. The lowest BCUT2D eigenvalue weighted by Crippen LogP contribution is -2.42. The van der Waals surface area contributed by atoms with Crippen LogP contribution in [0.5, 0.6) is 0 Å². The first-order valence-electron chi connectivity index (χ1n) is 8.77. The summed E-state index contributed by atoms with van der Waals surface area (Å²) in [6.07, 6.45) is 6.36. The summed E-state index contributed by atoms with van der Waals surface area (Å²) in [6.45, 7) is 0. The third-order valence-corrected chi connectivity index (χ3v) is 5.49. The highest BCUT2D eigenvalue weighted by atomic mass is 16.3. The van der Waals surface area contributed by atoms with E-state index in [4.69, 9.17) is 4.42 Å². The van der Waals surface area contributed by atoms with Gasteiger partial charge in [0.2, 0.25) is 0 Å². The summed E-state index contributed by atoms with van der Waals surface area (Å²) in [5.41, 5.74) is 5.23. The number of nitrogens with zero attached hydrogens (tertiary/aromatic N) is 1. The monoisotopic (exact) mass is 333 g/mol. The molecule has 3 heterocycles. The Balaban J connectivity index is 1.75. The van der Waals surface area contributed by atoms with Crippen molar-refractivity contribution in [1.82, 2.24) is 15.5 Å². The number of hydrogen-bond acceptors (Lipinski definition) is 4. The summed E-state index contributed by atoms with van der Waals surface area (Å²) in [5, 5.41) is 11.0. The van der Waals surface area contributed by atoms with Gasteiger partial charge in [-0.05, 0) is 30.9 Å². The van der Waals surface area contributed by atoms with Crippen LogP contribution in [0.4, 0.5) is 0 Å². The second kappa shape index (κ2) is 5.70. The van der Waals surface area contributed by atoms with Gasteiger partial charge in [-0.2, -0.15) is 5.10 Å². The first-order chi connectivity index (χ1) is 12.3. The predicted octanol–water partition coefficient (Wildman–Crippen LogP) is 3.22. The van der Waals surface area contributed by atoms with Crippen molar-refractivity contribution in [3.05, 3.63) is 87.2 Å². The van der Waals surface area contributed by atoms with Crippen LogP contribution in [0.25, 0.3) is 0 Å². The minimum Gasteiger partial charge on any atom is -0.472 e. The topological polar surface area (TPSA) is 70.9 Å². The lowest BCUT2D eigenvalue weighted by Gasteiger charge is -2.41. The van der Waals surface area contributed by atoms with Crippen molar-refractivity contribution in [1.29, 1.82) is 0 Å². The van der Waals surface area contributed by atoms with Crippen molar-refractivity contribution < 1.29 is 4.42 Å². The smallest absolute Gasteiger partial charge is 0.267 e. The Morgan fingerprint density at radius 2 is 2.00 bits per heavy atom. The maximum Gasteiger partial charge on any atom is 0.267 e. The van der Waals surface area contributed by atoms with E-state index in [1.54, 1.807) is 12.5 Å². The molecule has 1 aromatic carbocycles. The van der Waals surface area contributed by atoms with Gasteiger partial charge in [-0.25, -0.2) is 5.10 Å². The maximum atomic E-state index is 12.3. The molecule has 0 amide bonds. The molecule has 3 unspecified atom stereocenters. The minimum absolute atomic E-state index is 0.0149. The summed E-state index contributed by atoms with van der Waals surface area (Å²) >= 11 is 0. The van der Waals surface area contributed by atoms with Crippen LogP contribution >= 0.6 is 0 Å². The molecule has 2 N–H and O–H groups in total. The zero-order valence-electron chi connectivity index (χ0n) is 13.7. The third-order valence-electron chi connectivity index (χ3n) is 5.49. The predicted molar refractivity (Wildman–Crippen MR) is 93.4 cm³/mol. The van der Waals surface area contributed by atoms with Gasteiger partial charge in [0.05, 0.1) is 24.1 Å². The van der Waals surface area contributed by atoms with Gasteiger partial charge in [0.1, 0.15) is 0 Å². The first kappa shape index (κ1) is 14.7. The van der Waals surface area contributed by atoms with E-state index in [1.165, 1.54) is 5.56 Å². The van der Waals surface area contributed by atoms with E-state index in [-0.39, 0.29) is 23.6 Å². The second-order valence-corrected chi connectivity index (χ2v) is 6.86. The number of benzene rings is 1. The Labute approximate surface area is 145 Å². The molecule has 5 nitrogen and oxygen atoms in total. The lowest BCUT2D eigenvalue weighted by atomic mass is 9.74. The van der Waals surface area contributed by atoms with E-state index < -0.39 is 0 Å². The van der Waals surface area contributed by atoms with E-state index in [0.717, 1.165) is 41.6 Å². The molecule has 2 aliphatic rings. The lowest BCUT2D eigenvalue weighted by molar-refractivity contribution is 0.335. The van der Waals surface area contributed by atoms with Crippen molar-refractivity contribution in [2.75, 3.05) is 0 Å². The Kier molecular flexibility index (Phi) is 3.35. The minimum atomic E-state index is -0.0469. The van der Waals surface area contributed by atoms with Gasteiger partial charge in [0.15, 0.2) is 0 Å². The Morgan fingerprint density at radius 1 is 1.12 bits per heavy atom. The van der Waals surface area contributed by atoms with Crippen LogP contribution in [-0.4, -0.2) is 10.2 Å². The number of rotatable bonds is 2. The Hall–Kier alpha value is -2.66. The average Bonchev–Trinajstić information content (AvgIpc) is 3.19. The summed E-state index contributed by atoms with van der Waals surface area (Å²) in [6, 6.07) is 12.7. The highest BCUT2D eigenvalue weighted by molar-refractivity contribution is 5.45. The van der Waals surface area contributed by atoms with E-state index in [1.807, 2.05) is 12.1 Å². The normalized spacial score (nSPS) is 24.7. The van der Waals surface area contributed by atoms with Gasteiger partial charge in [0, 0.05) is 28.8 Å². The molecule has 1 aliphatic carbocycles. The van der Waals surface area contributed by atoms with Gasteiger partial charge in [0.25, 0.3) is 5.56 Å². The number of furan rings is 1. The number of aromatic amines is 1. The molecule has 0 saturated heterocycles. The largest absolute Gasteiger partial charge is 0.472 e. The van der Waals surface area contributed by atoms with Gasteiger partial charge >= 0.3 is 0 Å². The van der Waals surface area contributed by atoms with Crippen LogP contribution in [0.3, 0.4) is 0 Å². The summed E-state index contributed by atoms with van der Waals surface area (Å²) in [5.74, 6) is 0.0149. The molecule has 0 fully saturated rings. The maximum absolute atomic E-state index is 12.3. The molecule has 1 aliphatic heterocycles. The molecule has 126 valence electrons. The fourth-order valence-electron chi connectivity index (χ4n) is 4.41. The molecule has 0 radical (unpaired) electrons. The van der Waals surface area contributed by atoms with Crippen LogP contribution in [0, 0.1) is 0 Å². The molecular formula is C20H19N3O2.